The topological polar surface area (TPSA) is 83.0 Å². The summed E-state index contributed by atoms with van der Waals surface area (Å²) in [7, 11) is 0. The molecule has 0 unspecified atom stereocenters. The van der Waals surface area contributed by atoms with Crippen LogP contribution in [0.5, 0.6) is 0 Å². The molecule has 2 saturated carbocycles. The predicted octanol–water partition coefficient (Wildman–Crippen LogP) is 4.05. The molecule has 3 N–H and O–H groups in total. The second-order valence-corrected chi connectivity index (χ2v) is 7.89. The molecule has 2 aliphatic rings. The van der Waals surface area contributed by atoms with Gasteiger partial charge in [-0.25, -0.2) is 9.89 Å². The molecule has 2 aromatic rings. The standard InChI is InChI=1S/C19H23F3N4O2.ClH/c1-10(13-6-14(7-13)23-9-11-2-3-11)24-16-8-12(17-25-26-18(27)28-17)4-5-15(16)19(20,21)22;/h4-5,8,10-11,13-14,23-24H,2-3,6-7,9H2,1H3,(H,26,27);1H/t10-,13?,14?;/m0./s1. The van der Waals surface area contributed by atoms with Crippen LogP contribution in [0.1, 0.15) is 38.2 Å². The quantitative estimate of drug-likeness (QED) is 0.614. The molecular formula is C19H24ClF3N4O2. The van der Waals surface area contributed by atoms with E-state index in [-0.39, 0.29) is 30.0 Å². The molecule has 0 bridgehead atoms. The highest BCUT2D eigenvalue weighted by molar-refractivity contribution is 5.85. The number of nitrogens with one attached hydrogen (secondary N) is 3. The fourth-order valence-corrected chi connectivity index (χ4v) is 3.65. The second kappa shape index (κ2) is 8.39. The minimum Gasteiger partial charge on any atom is -0.388 e. The monoisotopic (exact) mass is 432 g/mol. The van der Waals surface area contributed by atoms with Gasteiger partial charge in [0.05, 0.1) is 5.56 Å². The van der Waals surface area contributed by atoms with Crippen LogP contribution in [0.25, 0.3) is 11.5 Å². The Kier molecular flexibility index (Phi) is 6.28. The van der Waals surface area contributed by atoms with Crippen LogP contribution < -0.4 is 16.4 Å². The molecule has 1 heterocycles. The van der Waals surface area contributed by atoms with E-state index in [9.17, 15) is 18.0 Å². The maximum atomic E-state index is 13.4. The van der Waals surface area contributed by atoms with E-state index in [1.807, 2.05) is 6.92 Å². The van der Waals surface area contributed by atoms with Crippen LogP contribution in [0.15, 0.2) is 27.4 Å². The fraction of sp³-hybridized carbons (Fsp3) is 0.579. The molecule has 0 spiro atoms. The lowest BCUT2D eigenvalue weighted by atomic mass is 9.76. The van der Waals surface area contributed by atoms with Gasteiger partial charge < -0.3 is 15.1 Å². The lowest BCUT2D eigenvalue weighted by Gasteiger charge is -2.40. The Balaban J connectivity index is 0.00000240. The molecule has 4 rings (SSSR count). The van der Waals surface area contributed by atoms with Crippen LogP contribution in [0.3, 0.4) is 0 Å². The number of rotatable bonds is 7. The lowest BCUT2D eigenvalue weighted by molar-refractivity contribution is -0.137. The summed E-state index contributed by atoms with van der Waals surface area (Å²) >= 11 is 0. The molecule has 0 saturated heterocycles. The maximum Gasteiger partial charge on any atom is 0.434 e. The van der Waals surface area contributed by atoms with Crippen LogP contribution in [0.2, 0.25) is 0 Å². The summed E-state index contributed by atoms with van der Waals surface area (Å²) in [6.07, 6.45) is 0.0227. The molecule has 2 aliphatic carbocycles. The van der Waals surface area contributed by atoms with Crippen molar-refractivity contribution >= 4 is 18.1 Å². The van der Waals surface area contributed by atoms with Crippen LogP contribution >= 0.6 is 12.4 Å². The number of nitrogens with zero attached hydrogens (tertiary/aromatic N) is 1. The van der Waals surface area contributed by atoms with Gasteiger partial charge in [-0.1, -0.05) is 0 Å². The van der Waals surface area contributed by atoms with Crippen molar-refractivity contribution in [1.29, 1.82) is 0 Å². The molecule has 29 heavy (non-hydrogen) atoms. The fourth-order valence-electron chi connectivity index (χ4n) is 3.65. The molecule has 0 radical (unpaired) electrons. The number of aromatic amines is 1. The Morgan fingerprint density at radius 3 is 2.62 bits per heavy atom. The highest BCUT2D eigenvalue weighted by Crippen LogP contribution is 2.39. The van der Waals surface area contributed by atoms with Gasteiger partial charge in [0.2, 0.25) is 5.89 Å². The average Bonchev–Trinajstić information content (AvgIpc) is 3.31. The molecule has 0 aliphatic heterocycles. The first kappa shape index (κ1) is 21.7. The first-order valence-corrected chi connectivity index (χ1v) is 9.56. The normalized spacial score (nSPS) is 22.5. The summed E-state index contributed by atoms with van der Waals surface area (Å²) in [5.41, 5.74) is -0.472. The Morgan fingerprint density at radius 2 is 2.03 bits per heavy atom. The molecule has 1 aromatic carbocycles. The highest BCUT2D eigenvalue weighted by Gasteiger charge is 2.37. The molecule has 6 nitrogen and oxygen atoms in total. The van der Waals surface area contributed by atoms with Crippen molar-refractivity contribution in [2.24, 2.45) is 11.8 Å². The number of alkyl halides is 3. The summed E-state index contributed by atoms with van der Waals surface area (Å²) < 4.78 is 45.2. The Labute approximate surface area is 172 Å². The van der Waals surface area contributed by atoms with Gasteiger partial charge in [0.15, 0.2) is 0 Å². The minimum absolute atomic E-state index is 0. The number of hydrogen-bond acceptors (Lipinski definition) is 5. The van der Waals surface area contributed by atoms with Crippen LogP contribution in [-0.4, -0.2) is 28.8 Å². The number of benzene rings is 1. The SMILES string of the molecule is C[C@H](Nc1cc(-c2n[nH]c(=O)o2)ccc1C(F)(F)F)C1CC(NCC2CC2)C1.Cl. The van der Waals surface area contributed by atoms with E-state index in [0.29, 0.717) is 17.5 Å². The summed E-state index contributed by atoms with van der Waals surface area (Å²) in [6.45, 7) is 2.96. The van der Waals surface area contributed by atoms with E-state index in [0.717, 1.165) is 31.4 Å². The van der Waals surface area contributed by atoms with Crippen molar-refractivity contribution in [3.8, 4) is 11.5 Å². The zero-order chi connectivity index (χ0) is 19.9. The van der Waals surface area contributed by atoms with E-state index < -0.39 is 17.5 Å². The summed E-state index contributed by atoms with van der Waals surface area (Å²) in [6, 6.07) is 3.92. The second-order valence-electron chi connectivity index (χ2n) is 7.89. The Bertz CT molecular complexity index is 888. The van der Waals surface area contributed by atoms with Crippen molar-refractivity contribution in [3.63, 3.8) is 0 Å². The molecule has 1 aromatic heterocycles. The molecule has 160 valence electrons. The van der Waals surface area contributed by atoms with Gasteiger partial charge in [-0.2, -0.15) is 13.2 Å². The van der Waals surface area contributed by atoms with Gasteiger partial charge in [0.1, 0.15) is 0 Å². The highest BCUT2D eigenvalue weighted by atomic mass is 35.5. The van der Waals surface area contributed by atoms with E-state index in [2.05, 4.69) is 20.8 Å². The van der Waals surface area contributed by atoms with E-state index in [1.54, 1.807) is 0 Å². The Hall–Kier alpha value is -2.00. The first-order chi connectivity index (χ1) is 13.3. The smallest absolute Gasteiger partial charge is 0.388 e. The number of aromatic nitrogens is 2. The summed E-state index contributed by atoms with van der Waals surface area (Å²) in [4.78, 5) is 11.1. The van der Waals surface area contributed by atoms with Crippen LogP contribution in [-0.2, 0) is 6.18 Å². The van der Waals surface area contributed by atoms with Gasteiger partial charge in [0.25, 0.3) is 0 Å². The number of halogens is 4. The largest absolute Gasteiger partial charge is 0.434 e. The molecule has 1 atom stereocenters. The molecule has 10 heteroatoms. The van der Waals surface area contributed by atoms with Crippen LogP contribution in [0, 0.1) is 11.8 Å². The average molecular weight is 433 g/mol. The third kappa shape index (κ3) is 5.14. The molecule has 2 fully saturated rings. The summed E-state index contributed by atoms with van der Waals surface area (Å²) in [5.74, 6) is 0.331. The first-order valence-electron chi connectivity index (χ1n) is 9.56. The summed E-state index contributed by atoms with van der Waals surface area (Å²) in [5, 5.41) is 12.4. The molecule has 0 amide bonds. The van der Waals surface area contributed by atoms with Crippen molar-refractivity contribution in [1.82, 2.24) is 15.5 Å². The van der Waals surface area contributed by atoms with Gasteiger partial charge in [-0.05, 0) is 69.2 Å². The zero-order valence-electron chi connectivity index (χ0n) is 15.9. The van der Waals surface area contributed by atoms with Gasteiger partial charge in [0, 0.05) is 23.3 Å². The van der Waals surface area contributed by atoms with E-state index >= 15 is 0 Å². The third-order valence-corrected chi connectivity index (χ3v) is 5.67. The number of hydrogen-bond donors (Lipinski definition) is 3. The van der Waals surface area contributed by atoms with Gasteiger partial charge >= 0.3 is 11.9 Å². The van der Waals surface area contributed by atoms with Crippen molar-refractivity contribution in [2.75, 3.05) is 11.9 Å². The number of anilines is 1. The minimum atomic E-state index is -4.49. The Morgan fingerprint density at radius 1 is 1.31 bits per heavy atom. The van der Waals surface area contributed by atoms with Crippen molar-refractivity contribution < 1.29 is 17.6 Å². The maximum absolute atomic E-state index is 13.4. The van der Waals surface area contributed by atoms with Crippen LogP contribution in [0.4, 0.5) is 18.9 Å². The van der Waals surface area contributed by atoms with Gasteiger partial charge in [-0.3, -0.25) is 0 Å². The number of H-pyrrole nitrogens is 1. The van der Waals surface area contributed by atoms with E-state index in [4.69, 9.17) is 4.42 Å². The lowest BCUT2D eigenvalue weighted by Crippen LogP contribution is -2.47. The predicted molar refractivity (Wildman–Crippen MR) is 105 cm³/mol. The zero-order valence-corrected chi connectivity index (χ0v) is 16.7. The van der Waals surface area contributed by atoms with E-state index in [1.165, 1.54) is 25.0 Å². The van der Waals surface area contributed by atoms with Gasteiger partial charge in [-0.15, -0.1) is 17.5 Å². The van der Waals surface area contributed by atoms with Crippen molar-refractivity contribution in [3.05, 3.63) is 34.3 Å². The molecular weight excluding hydrogens is 409 g/mol. The van der Waals surface area contributed by atoms with Crippen molar-refractivity contribution in [2.45, 2.75) is 50.9 Å². The third-order valence-electron chi connectivity index (χ3n) is 5.67.